The van der Waals surface area contributed by atoms with Crippen molar-refractivity contribution in [3.63, 3.8) is 0 Å². The van der Waals surface area contributed by atoms with E-state index >= 15 is 0 Å². The van der Waals surface area contributed by atoms with Gasteiger partial charge in [-0.3, -0.25) is 9.59 Å². The Kier molecular flexibility index (Phi) is 3.49. The summed E-state index contributed by atoms with van der Waals surface area (Å²) in [6.45, 7) is 0. The third-order valence-electron chi connectivity index (χ3n) is 4.90. The van der Waals surface area contributed by atoms with Crippen LogP contribution in [0.25, 0.3) is 0 Å². The third kappa shape index (κ3) is 2.46. The predicted octanol–water partition coefficient (Wildman–Crippen LogP) is 4.21. The number of hydrogen-bond acceptors (Lipinski definition) is 3. The Morgan fingerprint density at radius 3 is 2.04 bits per heavy atom. The molecule has 0 spiro atoms. The number of ketones is 2. The van der Waals surface area contributed by atoms with E-state index in [0.717, 1.165) is 5.69 Å². The van der Waals surface area contributed by atoms with Gasteiger partial charge in [0.05, 0.1) is 0 Å². The molecule has 1 saturated carbocycles. The number of hydrogen-bond donors (Lipinski definition) is 1. The lowest BCUT2D eigenvalue weighted by Gasteiger charge is -2.25. The molecule has 0 unspecified atom stereocenters. The molecule has 3 nitrogen and oxygen atoms in total. The molecule has 2 aromatic carbocycles. The van der Waals surface area contributed by atoms with Gasteiger partial charge < -0.3 is 5.32 Å². The Hall–Kier alpha value is -2.42. The van der Waals surface area contributed by atoms with E-state index in [4.69, 9.17) is 0 Å². The van der Waals surface area contributed by atoms with Crippen molar-refractivity contribution in [2.75, 3.05) is 5.32 Å². The number of fused-ring (bicyclic) bond motifs is 2. The van der Waals surface area contributed by atoms with Gasteiger partial charge in [-0.2, -0.15) is 0 Å². The normalized spacial score (nSPS) is 17.6. The number of anilines is 1. The minimum Gasteiger partial charge on any atom is -0.382 e. The van der Waals surface area contributed by atoms with Crippen LogP contribution in [-0.4, -0.2) is 17.6 Å². The monoisotopic (exact) mass is 305 g/mol. The van der Waals surface area contributed by atoms with Crippen LogP contribution >= 0.6 is 0 Å². The fourth-order valence-corrected chi connectivity index (χ4v) is 3.67. The number of carbonyl (C=O) groups is 2. The summed E-state index contributed by atoms with van der Waals surface area (Å²) in [6.07, 6.45) is 6.17. The van der Waals surface area contributed by atoms with E-state index in [1.807, 2.05) is 12.1 Å². The topological polar surface area (TPSA) is 46.2 Å². The van der Waals surface area contributed by atoms with Crippen molar-refractivity contribution in [1.29, 1.82) is 0 Å². The summed E-state index contributed by atoms with van der Waals surface area (Å²) < 4.78 is 0. The van der Waals surface area contributed by atoms with Gasteiger partial charge >= 0.3 is 0 Å². The van der Waals surface area contributed by atoms with Crippen LogP contribution in [0.2, 0.25) is 0 Å². The van der Waals surface area contributed by atoms with Crippen molar-refractivity contribution in [1.82, 2.24) is 0 Å². The Morgan fingerprint density at radius 2 is 1.35 bits per heavy atom. The molecule has 0 aliphatic heterocycles. The van der Waals surface area contributed by atoms with E-state index in [2.05, 4.69) is 5.32 Å². The van der Waals surface area contributed by atoms with Crippen LogP contribution in [0.15, 0.2) is 42.5 Å². The van der Waals surface area contributed by atoms with Gasteiger partial charge in [-0.15, -0.1) is 0 Å². The molecule has 0 bridgehead atoms. The van der Waals surface area contributed by atoms with Gasteiger partial charge in [-0.25, -0.2) is 0 Å². The zero-order valence-electron chi connectivity index (χ0n) is 13.0. The van der Waals surface area contributed by atoms with E-state index in [9.17, 15) is 9.59 Å². The molecule has 4 rings (SSSR count). The fraction of sp³-hybridized carbons (Fsp3) is 0.300. The second kappa shape index (κ2) is 5.65. The molecule has 1 N–H and O–H groups in total. The van der Waals surface area contributed by atoms with Crippen LogP contribution in [0, 0.1) is 0 Å². The first-order valence-electron chi connectivity index (χ1n) is 8.33. The quantitative estimate of drug-likeness (QED) is 0.771. The maximum absolute atomic E-state index is 12.7. The molecule has 2 aliphatic carbocycles. The smallest absolute Gasteiger partial charge is 0.194 e. The van der Waals surface area contributed by atoms with Gasteiger partial charge in [0.15, 0.2) is 11.6 Å². The fourth-order valence-electron chi connectivity index (χ4n) is 3.67. The number of carbonyl (C=O) groups excluding carboxylic acids is 2. The van der Waals surface area contributed by atoms with Gasteiger partial charge in [0, 0.05) is 34.0 Å². The lowest BCUT2D eigenvalue weighted by Crippen LogP contribution is -2.24. The first-order valence-corrected chi connectivity index (χ1v) is 8.33. The molecule has 1 fully saturated rings. The molecular weight excluding hydrogens is 286 g/mol. The molecule has 116 valence electrons. The molecule has 23 heavy (non-hydrogen) atoms. The van der Waals surface area contributed by atoms with E-state index in [1.165, 1.54) is 32.1 Å². The minimum absolute atomic E-state index is 0.0532. The molecule has 0 radical (unpaired) electrons. The summed E-state index contributed by atoms with van der Waals surface area (Å²) in [5.74, 6) is -0.109. The molecule has 0 amide bonds. The zero-order chi connectivity index (χ0) is 15.8. The second-order valence-electron chi connectivity index (χ2n) is 6.44. The standard InChI is InChI=1S/C20H19NO2/c22-19-15-8-4-5-9-16(15)20(23)18-12-14(10-11-17(18)19)21-13-6-2-1-3-7-13/h4-5,8-13,21H,1-3,6-7H2. The second-order valence-corrected chi connectivity index (χ2v) is 6.44. The van der Waals surface area contributed by atoms with E-state index in [-0.39, 0.29) is 11.6 Å². The highest BCUT2D eigenvalue weighted by Crippen LogP contribution is 2.30. The zero-order valence-corrected chi connectivity index (χ0v) is 13.0. The van der Waals surface area contributed by atoms with Crippen molar-refractivity contribution >= 4 is 17.3 Å². The summed E-state index contributed by atoms with van der Waals surface area (Å²) in [7, 11) is 0. The lowest BCUT2D eigenvalue weighted by atomic mass is 9.84. The Morgan fingerprint density at radius 1 is 0.739 bits per heavy atom. The van der Waals surface area contributed by atoms with Crippen LogP contribution < -0.4 is 5.32 Å². The van der Waals surface area contributed by atoms with Crippen molar-refractivity contribution in [3.05, 3.63) is 64.7 Å². The van der Waals surface area contributed by atoms with Gasteiger partial charge in [0.1, 0.15) is 0 Å². The van der Waals surface area contributed by atoms with Gasteiger partial charge in [-0.05, 0) is 31.0 Å². The first-order chi connectivity index (χ1) is 11.2. The minimum atomic E-state index is -0.0561. The third-order valence-corrected chi connectivity index (χ3v) is 4.90. The molecule has 0 saturated heterocycles. The summed E-state index contributed by atoms with van der Waals surface area (Å²) in [5, 5.41) is 3.53. The summed E-state index contributed by atoms with van der Waals surface area (Å²) in [5.41, 5.74) is 3.01. The maximum Gasteiger partial charge on any atom is 0.194 e. The molecule has 2 aliphatic rings. The average Bonchev–Trinajstić information content (AvgIpc) is 2.60. The molecule has 3 heteroatoms. The Bertz CT molecular complexity index is 788. The lowest BCUT2D eigenvalue weighted by molar-refractivity contribution is 0.0979. The van der Waals surface area contributed by atoms with Gasteiger partial charge in [0.25, 0.3) is 0 Å². The van der Waals surface area contributed by atoms with E-state index < -0.39 is 0 Å². The molecule has 0 aromatic heterocycles. The predicted molar refractivity (Wildman–Crippen MR) is 90.2 cm³/mol. The molecule has 2 aromatic rings. The molecular formula is C20H19NO2. The number of rotatable bonds is 2. The SMILES string of the molecule is O=C1c2ccccc2C(=O)c2cc(NC3CCCCC3)ccc21. The van der Waals surface area contributed by atoms with Crippen molar-refractivity contribution in [2.45, 2.75) is 38.1 Å². The highest BCUT2D eigenvalue weighted by atomic mass is 16.1. The maximum atomic E-state index is 12.7. The van der Waals surface area contributed by atoms with E-state index in [1.54, 1.807) is 30.3 Å². The Balaban J connectivity index is 1.68. The van der Waals surface area contributed by atoms with Crippen LogP contribution in [0.1, 0.15) is 63.9 Å². The van der Waals surface area contributed by atoms with Gasteiger partial charge in [-0.1, -0.05) is 43.5 Å². The Labute approximate surface area is 135 Å². The van der Waals surface area contributed by atoms with Crippen LogP contribution in [0.3, 0.4) is 0 Å². The average molecular weight is 305 g/mol. The molecule has 0 atom stereocenters. The summed E-state index contributed by atoms with van der Waals surface area (Å²) >= 11 is 0. The van der Waals surface area contributed by atoms with Crippen molar-refractivity contribution < 1.29 is 9.59 Å². The summed E-state index contributed by atoms with van der Waals surface area (Å²) in [4.78, 5) is 25.3. The highest BCUT2D eigenvalue weighted by Gasteiger charge is 2.29. The largest absolute Gasteiger partial charge is 0.382 e. The van der Waals surface area contributed by atoms with Gasteiger partial charge in [0.2, 0.25) is 0 Å². The first kappa shape index (κ1) is 14.2. The molecule has 0 heterocycles. The van der Waals surface area contributed by atoms with Crippen molar-refractivity contribution in [2.24, 2.45) is 0 Å². The van der Waals surface area contributed by atoms with Crippen LogP contribution in [0.4, 0.5) is 5.69 Å². The van der Waals surface area contributed by atoms with Crippen LogP contribution in [0.5, 0.6) is 0 Å². The van der Waals surface area contributed by atoms with Crippen molar-refractivity contribution in [3.8, 4) is 0 Å². The number of benzene rings is 2. The highest BCUT2D eigenvalue weighted by molar-refractivity contribution is 6.28. The number of nitrogens with one attached hydrogen (secondary N) is 1. The summed E-state index contributed by atoms with van der Waals surface area (Å²) in [6, 6.07) is 13.1. The van der Waals surface area contributed by atoms with Crippen LogP contribution in [-0.2, 0) is 0 Å². The van der Waals surface area contributed by atoms with E-state index in [0.29, 0.717) is 28.3 Å².